The van der Waals surface area contributed by atoms with Crippen LogP contribution < -0.4 is 10.6 Å². The van der Waals surface area contributed by atoms with Crippen molar-refractivity contribution in [1.82, 2.24) is 10.6 Å². The summed E-state index contributed by atoms with van der Waals surface area (Å²) in [6.45, 7) is 4.24. The predicted molar refractivity (Wildman–Crippen MR) is 207 cm³/mol. The van der Waals surface area contributed by atoms with Crippen molar-refractivity contribution in [2.45, 2.75) is 139 Å². The highest BCUT2D eigenvalue weighted by molar-refractivity contribution is 5.94. The number of carbonyl (C=O) groups excluding carboxylic acids is 4. The van der Waals surface area contributed by atoms with E-state index in [4.69, 9.17) is 28.4 Å². The van der Waals surface area contributed by atoms with Crippen molar-refractivity contribution >= 4 is 29.8 Å². The number of hydrogen-bond donors (Lipinski definition) is 7. The molecule has 59 heavy (non-hydrogen) atoms. The zero-order valence-electron chi connectivity index (χ0n) is 33.7. The number of aliphatic hydroxyl groups excluding tert-OH is 5. The molecule has 9 atom stereocenters. The highest BCUT2D eigenvalue weighted by atomic mass is 16.8. The van der Waals surface area contributed by atoms with E-state index in [1.54, 1.807) is 63.3 Å². The van der Waals surface area contributed by atoms with Crippen molar-refractivity contribution in [2.75, 3.05) is 26.4 Å². The zero-order valence-corrected chi connectivity index (χ0v) is 33.7. The minimum Gasteiger partial charge on any atom is -0.460 e. The Bertz CT molecular complexity index is 1700. The number of rotatable bonds is 18. The van der Waals surface area contributed by atoms with Crippen LogP contribution in [0.5, 0.6) is 0 Å². The van der Waals surface area contributed by atoms with Gasteiger partial charge >= 0.3 is 11.9 Å². The van der Waals surface area contributed by atoms with Gasteiger partial charge in [-0.25, -0.2) is 4.79 Å². The molecule has 326 valence electrons. The number of fused-ring (bicyclic) bond motifs is 1. The van der Waals surface area contributed by atoms with Crippen LogP contribution in [0.15, 0.2) is 42.0 Å². The third-order valence-electron chi connectivity index (χ3n) is 10.9. The molecule has 2 aliphatic heterocycles. The lowest BCUT2D eigenvalue weighted by Gasteiger charge is -2.39. The van der Waals surface area contributed by atoms with Crippen LogP contribution in [0.25, 0.3) is 6.08 Å². The molecule has 0 radical (unpaired) electrons. The topological polar surface area (TPSA) is 249 Å². The summed E-state index contributed by atoms with van der Waals surface area (Å²) in [6, 6.07) is 5.99. The molecule has 1 aromatic carbocycles. The summed E-state index contributed by atoms with van der Waals surface area (Å²) < 4.78 is 35.6. The molecule has 2 amide bonds. The molecule has 17 heteroatoms. The number of carbonyl (C=O) groups is 4. The molecule has 5 aliphatic rings. The lowest BCUT2D eigenvalue weighted by Crippen LogP contribution is -2.59. The molecule has 0 spiro atoms. The fraction of sp³-hybridized carbons (Fsp3) is 0.667. The first kappa shape index (κ1) is 44.8. The van der Waals surface area contributed by atoms with Crippen LogP contribution in [0.2, 0.25) is 0 Å². The van der Waals surface area contributed by atoms with Crippen LogP contribution in [0, 0.1) is 11.8 Å². The van der Waals surface area contributed by atoms with Gasteiger partial charge in [0.25, 0.3) is 0 Å². The number of hydrogen-bond acceptors (Lipinski definition) is 15. The lowest BCUT2D eigenvalue weighted by molar-refractivity contribution is -0.298. The van der Waals surface area contributed by atoms with Crippen molar-refractivity contribution in [1.29, 1.82) is 0 Å². The Kier molecular flexibility index (Phi) is 14.6. The Morgan fingerprint density at radius 1 is 0.983 bits per heavy atom. The van der Waals surface area contributed by atoms with Gasteiger partial charge in [-0.1, -0.05) is 24.3 Å². The lowest BCUT2D eigenvalue weighted by atomic mass is 9.91. The highest BCUT2D eigenvalue weighted by Gasteiger charge is 2.64. The fourth-order valence-electron chi connectivity index (χ4n) is 7.68. The van der Waals surface area contributed by atoms with E-state index < -0.39 is 96.8 Å². The summed E-state index contributed by atoms with van der Waals surface area (Å²) in [6.07, 6.45) is -0.0764. The zero-order chi connectivity index (χ0) is 42.5. The number of amides is 2. The smallest absolute Gasteiger partial charge is 0.338 e. The van der Waals surface area contributed by atoms with Crippen LogP contribution in [-0.4, -0.2) is 142 Å². The Morgan fingerprint density at radius 3 is 2.37 bits per heavy atom. The van der Waals surface area contributed by atoms with Crippen LogP contribution in [0.1, 0.15) is 88.1 Å². The Balaban J connectivity index is 1.05. The van der Waals surface area contributed by atoms with Crippen molar-refractivity contribution < 1.29 is 73.1 Å². The van der Waals surface area contributed by atoms with E-state index in [1.807, 2.05) is 0 Å². The van der Waals surface area contributed by atoms with Gasteiger partial charge in [0.1, 0.15) is 48.3 Å². The highest BCUT2D eigenvalue weighted by Crippen LogP contribution is 2.59. The van der Waals surface area contributed by atoms with Crippen LogP contribution >= 0.6 is 0 Å². The molecule has 17 nitrogen and oxygen atoms in total. The van der Waals surface area contributed by atoms with Gasteiger partial charge in [0, 0.05) is 43.2 Å². The van der Waals surface area contributed by atoms with E-state index in [0.717, 1.165) is 25.7 Å². The van der Waals surface area contributed by atoms with Gasteiger partial charge in [-0.3, -0.25) is 14.4 Å². The summed E-state index contributed by atoms with van der Waals surface area (Å²) >= 11 is 0. The average molecular weight is 831 g/mol. The molecule has 9 unspecified atom stereocenters. The van der Waals surface area contributed by atoms with Crippen molar-refractivity contribution in [3.8, 4) is 0 Å². The average Bonchev–Trinajstić information content (AvgIpc) is 4.15. The summed E-state index contributed by atoms with van der Waals surface area (Å²) in [4.78, 5) is 52.0. The van der Waals surface area contributed by atoms with Gasteiger partial charge in [0.2, 0.25) is 11.8 Å². The molecular weight excluding hydrogens is 772 g/mol. The van der Waals surface area contributed by atoms with Crippen LogP contribution in [-0.2, 0) is 42.8 Å². The van der Waals surface area contributed by atoms with Crippen LogP contribution in [0.4, 0.5) is 0 Å². The molecule has 1 aromatic rings. The third kappa shape index (κ3) is 11.5. The summed E-state index contributed by atoms with van der Waals surface area (Å²) in [7, 11) is 0. The molecular formula is C42H58N2O15. The SMILES string of the molecule is CC(C)(C)OC(=O)CCC(CO)NC(=O)CCNC(=O)C1=CC2OC(C3CC3)(C3CC3)OC2C(OC(=O)c2cccc(C=CCOC3OC(CO)C(O)C(O)C3O)c2)C1. The first-order valence-electron chi connectivity index (χ1n) is 20.5. The standard InChI is InChI=1S/C42H58N2O15/c1-41(2,3)58-33(48)14-13-28(21-45)44-32(47)15-16-43-38(52)25-19-29(37-30(20-25)57-42(59-37,26-9-10-26)27-11-12-27)55-39(53)24-8-4-6-23(18-24)7-5-17-54-40-36(51)35(50)34(49)31(22-46)56-40/h4-8,18,20,26-31,34-37,40,45-46,49-51H,9-17,19,21-22H2,1-3H3,(H,43,52)(H,44,47). The number of nitrogens with one attached hydrogen (secondary N) is 2. The Hall–Kier alpha value is -3.78. The molecule has 0 aromatic heterocycles. The molecule has 0 bridgehead atoms. The molecule has 3 aliphatic carbocycles. The summed E-state index contributed by atoms with van der Waals surface area (Å²) in [5.74, 6) is -2.28. The Morgan fingerprint density at radius 2 is 1.71 bits per heavy atom. The number of benzene rings is 1. The van der Waals surface area contributed by atoms with Gasteiger partial charge in [0.05, 0.1) is 31.4 Å². The molecule has 4 fully saturated rings. The second kappa shape index (κ2) is 19.3. The third-order valence-corrected chi connectivity index (χ3v) is 10.9. The van der Waals surface area contributed by atoms with E-state index >= 15 is 0 Å². The van der Waals surface area contributed by atoms with E-state index in [2.05, 4.69) is 10.6 Å². The van der Waals surface area contributed by atoms with Crippen molar-refractivity contribution in [3.63, 3.8) is 0 Å². The molecule has 2 heterocycles. The first-order chi connectivity index (χ1) is 28.1. The second-order valence-electron chi connectivity index (χ2n) is 16.9. The molecule has 2 saturated heterocycles. The Labute approximate surface area is 343 Å². The van der Waals surface area contributed by atoms with Crippen molar-refractivity contribution in [2.24, 2.45) is 11.8 Å². The van der Waals surface area contributed by atoms with Gasteiger partial charge in [-0.15, -0.1) is 0 Å². The van der Waals surface area contributed by atoms with E-state index in [9.17, 15) is 44.7 Å². The molecule has 6 rings (SSSR count). The maximum atomic E-state index is 13.7. The van der Waals surface area contributed by atoms with Gasteiger partial charge < -0.3 is 64.6 Å². The fourth-order valence-corrected chi connectivity index (χ4v) is 7.68. The first-order valence-corrected chi connectivity index (χ1v) is 20.5. The molecule has 2 saturated carbocycles. The van der Waals surface area contributed by atoms with Crippen molar-refractivity contribution in [3.05, 3.63) is 53.1 Å². The number of ether oxygens (including phenoxy) is 6. The summed E-state index contributed by atoms with van der Waals surface area (Å²) in [5, 5.41) is 54.8. The van der Waals surface area contributed by atoms with Crippen LogP contribution in [0.3, 0.4) is 0 Å². The van der Waals surface area contributed by atoms with E-state index in [1.165, 1.54) is 0 Å². The second-order valence-corrected chi connectivity index (χ2v) is 16.9. The summed E-state index contributed by atoms with van der Waals surface area (Å²) in [5.41, 5.74) is 0.550. The minimum absolute atomic E-state index is 0.00984. The predicted octanol–water partition coefficient (Wildman–Crippen LogP) is 0.777. The van der Waals surface area contributed by atoms with Gasteiger partial charge in [-0.05, 0) is 76.6 Å². The van der Waals surface area contributed by atoms with Gasteiger partial charge in [0.15, 0.2) is 12.1 Å². The van der Waals surface area contributed by atoms with E-state index in [0.29, 0.717) is 11.1 Å². The van der Waals surface area contributed by atoms with Gasteiger partial charge in [-0.2, -0.15) is 0 Å². The number of esters is 2. The molecule has 7 N–H and O–H groups in total. The number of aliphatic hydroxyl groups is 5. The largest absolute Gasteiger partial charge is 0.460 e. The maximum Gasteiger partial charge on any atom is 0.338 e. The monoisotopic (exact) mass is 830 g/mol. The maximum absolute atomic E-state index is 13.7. The minimum atomic E-state index is -1.56. The quantitative estimate of drug-likeness (QED) is 0.101. The van der Waals surface area contributed by atoms with E-state index in [-0.39, 0.29) is 62.8 Å². The normalized spacial score (nSPS) is 29.6.